The molecule has 0 aliphatic heterocycles. The van der Waals surface area contributed by atoms with Crippen molar-refractivity contribution in [1.82, 2.24) is 5.32 Å². The van der Waals surface area contributed by atoms with Gasteiger partial charge in [-0.15, -0.1) is 12.4 Å². The zero-order valence-corrected chi connectivity index (χ0v) is 11.5. The highest BCUT2D eigenvalue weighted by Crippen LogP contribution is 2.11. The summed E-state index contributed by atoms with van der Waals surface area (Å²) in [5.74, 6) is 0.734. The highest BCUT2D eigenvalue weighted by atomic mass is 35.5. The van der Waals surface area contributed by atoms with Crippen molar-refractivity contribution in [3.05, 3.63) is 29.8 Å². The molecule has 0 atom stereocenters. The second-order valence-electron chi connectivity index (χ2n) is 3.71. The number of carbonyl (C=O) groups is 1. The minimum Gasteiger partial charge on any atom is -0.494 e. The van der Waals surface area contributed by atoms with Gasteiger partial charge in [-0.1, -0.05) is 0 Å². The summed E-state index contributed by atoms with van der Waals surface area (Å²) in [6, 6.07) is 7.14. The van der Waals surface area contributed by atoms with Crippen LogP contribution in [0.15, 0.2) is 24.3 Å². The van der Waals surface area contributed by atoms with Gasteiger partial charge in [0.25, 0.3) is 5.91 Å². The van der Waals surface area contributed by atoms with Crippen LogP contribution >= 0.6 is 12.4 Å². The third-order valence-corrected chi connectivity index (χ3v) is 2.34. The minimum absolute atomic E-state index is 0. The number of nitrogens with two attached hydrogens (primary N) is 1. The first kappa shape index (κ1) is 16.7. The standard InChI is InChI=1S/C13H20N2O2.ClH/c1-2-17-12-7-5-11(6-8-12)13(16)15-10-4-3-9-14;/h5-8H,2-4,9-10,14H2,1H3,(H,15,16);1H. The molecule has 1 aromatic carbocycles. The van der Waals surface area contributed by atoms with Crippen molar-refractivity contribution in [3.8, 4) is 5.75 Å². The van der Waals surface area contributed by atoms with Crippen molar-refractivity contribution in [2.45, 2.75) is 19.8 Å². The first-order valence-corrected chi connectivity index (χ1v) is 5.99. The van der Waals surface area contributed by atoms with Gasteiger partial charge in [0.2, 0.25) is 0 Å². The van der Waals surface area contributed by atoms with E-state index in [1.54, 1.807) is 24.3 Å². The number of ether oxygens (including phenoxy) is 1. The van der Waals surface area contributed by atoms with E-state index in [-0.39, 0.29) is 18.3 Å². The van der Waals surface area contributed by atoms with E-state index in [2.05, 4.69) is 5.32 Å². The molecule has 102 valence electrons. The Morgan fingerprint density at radius 3 is 2.50 bits per heavy atom. The van der Waals surface area contributed by atoms with Gasteiger partial charge < -0.3 is 15.8 Å². The highest BCUT2D eigenvalue weighted by Gasteiger charge is 2.04. The normalized spacial score (nSPS) is 9.44. The first-order valence-electron chi connectivity index (χ1n) is 5.99. The third kappa shape index (κ3) is 5.89. The molecule has 0 unspecified atom stereocenters. The second kappa shape index (κ2) is 9.74. The Hall–Kier alpha value is -1.26. The highest BCUT2D eigenvalue weighted by molar-refractivity contribution is 5.94. The monoisotopic (exact) mass is 272 g/mol. The van der Waals surface area contributed by atoms with Crippen LogP contribution in [0.1, 0.15) is 30.1 Å². The molecule has 0 aliphatic carbocycles. The Kier molecular flexibility index (Phi) is 9.06. The molecule has 0 radical (unpaired) electrons. The fraction of sp³-hybridized carbons (Fsp3) is 0.462. The summed E-state index contributed by atoms with van der Waals surface area (Å²) in [5, 5.41) is 2.85. The number of unbranched alkanes of at least 4 members (excludes halogenated alkanes) is 1. The molecule has 1 rings (SSSR count). The smallest absolute Gasteiger partial charge is 0.251 e. The van der Waals surface area contributed by atoms with Gasteiger partial charge in [0.1, 0.15) is 5.75 Å². The van der Waals surface area contributed by atoms with Crippen LogP contribution < -0.4 is 15.8 Å². The molecular weight excluding hydrogens is 252 g/mol. The van der Waals surface area contributed by atoms with E-state index in [9.17, 15) is 4.79 Å². The van der Waals surface area contributed by atoms with E-state index in [1.165, 1.54) is 0 Å². The Labute approximate surface area is 114 Å². The summed E-state index contributed by atoms with van der Waals surface area (Å²) in [6.07, 6.45) is 1.85. The molecule has 4 nitrogen and oxygen atoms in total. The Bertz CT molecular complexity index is 341. The van der Waals surface area contributed by atoms with Gasteiger partial charge in [0.05, 0.1) is 6.61 Å². The van der Waals surface area contributed by atoms with Crippen molar-refractivity contribution in [2.75, 3.05) is 19.7 Å². The minimum atomic E-state index is -0.0509. The fourth-order valence-corrected chi connectivity index (χ4v) is 1.44. The molecule has 0 saturated carbocycles. The van der Waals surface area contributed by atoms with Gasteiger partial charge in [-0.2, -0.15) is 0 Å². The molecule has 0 heterocycles. The molecule has 0 fully saturated rings. The summed E-state index contributed by atoms with van der Waals surface area (Å²) in [4.78, 5) is 11.7. The molecule has 1 aromatic rings. The number of hydrogen-bond donors (Lipinski definition) is 2. The van der Waals surface area contributed by atoms with Crippen molar-refractivity contribution in [1.29, 1.82) is 0 Å². The first-order chi connectivity index (χ1) is 8.27. The lowest BCUT2D eigenvalue weighted by molar-refractivity contribution is 0.0953. The molecule has 18 heavy (non-hydrogen) atoms. The Morgan fingerprint density at radius 2 is 1.94 bits per heavy atom. The molecule has 0 spiro atoms. The predicted molar refractivity (Wildman–Crippen MR) is 75.5 cm³/mol. The van der Waals surface area contributed by atoms with E-state index in [0.717, 1.165) is 18.6 Å². The lowest BCUT2D eigenvalue weighted by atomic mass is 10.2. The summed E-state index contributed by atoms with van der Waals surface area (Å²) in [6.45, 7) is 3.89. The number of carbonyl (C=O) groups excluding carboxylic acids is 1. The molecule has 0 saturated heterocycles. The second-order valence-corrected chi connectivity index (χ2v) is 3.71. The molecule has 0 aliphatic rings. The molecular formula is C13H21ClN2O2. The largest absolute Gasteiger partial charge is 0.494 e. The number of rotatable bonds is 7. The van der Waals surface area contributed by atoms with Crippen LogP contribution in [0.2, 0.25) is 0 Å². The number of halogens is 1. The van der Waals surface area contributed by atoms with Gasteiger partial charge in [-0.25, -0.2) is 0 Å². The van der Waals surface area contributed by atoms with Crippen molar-refractivity contribution >= 4 is 18.3 Å². The maximum absolute atomic E-state index is 11.7. The predicted octanol–water partition coefficient (Wildman–Crippen LogP) is 1.98. The Balaban J connectivity index is 0.00000289. The van der Waals surface area contributed by atoms with E-state index < -0.39 is 0 Å². The quantitative estimate of drug-likeness (QED) is 0.746. The van der Waals surface area contributed by atoms with Crippen LogP contribution in [0.4, 0.5) is 0 Å². The van der Waals surface area contributed by atoms with Crippen molar-refractivity contribution < 1.29 is 9.53 Å². The molecule has 0 bridgehead atoms. The van der Waals surface area contributed by atoms with Crippen LogP contribution in [-0.2, 0) is 0 Å². The van der Waals surface area contributed by atoms with E-state index in [0.29, 0.717) is 25.3 Å². The molecule has 1 amide bonds. The van der Waals surface area contributed by atoms with Gasteiger partial charge in [0.15, 0.2) is 0 Å². The Morgan fingerprint density at radius 1 is 1.28 bits per heavy atom. The number of nitrogens with one attached hydrogen (secondary N) is 1. The summed E-state index contributed by atoms with van der Waals surface area (Å²) in [7, 11) is 0. The number of benzene rings is 1. The van der Waals surface area contributed by atoms with Crippen LogP contribution in [0.5, 0.6) is 5.75 Å². The van der Waals surface area contributed by atoms with Crippen LogP contribution in [0.3, 0.4) is 0 Å². The molecule has 0 aromatic heterocycles. The maximum Gasteiger partial charge on any atom is 0.251 e. The van der Waals surface area contributed by atoms with Crippen LogP contribution in [0, 0.1) is 0 Å². The van der Waals surface area contributed by atoms with Crippen LogP contribution in [-0.4, -0.2) is 25.6 Å². The lowest BCUT2D eigenvalue weighted by Crippen LogP contribution is -2.24. The van der Waals surface area contributed by atoms with E-state index in [1.807, 2.05) is 6.92 Å². The SMILES string of the molecule is CCOc1ccc(C(=O)NCCCCN)cc1.Cl. The van der Waals surface area contributed by atoms with Gasteiger partial charge >= 0.3 is 0 Å². The number of amides is 1. The number of hydrogen-bond acceptors (Lipinski definition) is 3. The van der Waals surface area contributed by atoms with Gasteiger partial charge in [0, 0.05) is 12.1 Å². The van der Waals surface area contributed by atoms with Crippen molar-refractivity contribution in [3.63, 3.8) is 0 Å². The van der Waals surface area contributed by atoms with Crippen molar-refractivity contribution in [2.24, 2.45) is 5.73 Å². The average molecular weight is 273 g/mol. The maximum atomic E-state index is 11.7. The summed E-state index contributed by atoms with van der Waals surface area (Å²) < 4.78 is 5.31. The molecule has 5 heteroatoms. The van der Waals surface area contributed by atoms with Gasteiger partial charge in [-0.05, 0) is 50.6 Å². The van der Waals surface area contributed by atoms with E-state index in [4.69, 9.17) is 10.5 Å². The molecule has 3 N–H and O–H groups in total. The zero-order valence-electron chi connectivity index (χ0n) is 10.6. The van der Waals surface area contributed by atoms with Gasteiger partial charge in [-0.3, -0.25) is 4.79 Å². The lowest BCUT2D eigenvalue weighted by Gasteiger charge is -2.06. The summed E-state index contributed by atoms with van der Waals surface area (Å²) >= 11 is 0. The van der Waals surface area contributed by atoms with Crippen LogP contribution in [0.25, 0.3) is 0 Å². The van der Waals surface area contributed by atoms with E-state index >= 15 is 0 Å². The average Bonchev–Trinajstić information content (AvgIpc) is 2.36. The third-order valence-electron chi connectivity index (χ3n) is 2.34. The fourth-order valence-electron chi connectivity index (χ4n) is 1.44. The topological polar surface area (TPSA) is 64.3 Å². The zero-order chi connectivity index (χ0) is 12.5. The summed E-state index contributed by atoms with van der Waals surface area (Å²) in [5.41, 5.74) is 6.03.